The number of benzene rings is 9. The molecule has 0 spiro atoms. The summed E-state index contributed by atoms with van der Waals surface area (Å²) in [6, 6.07) is 72.9. The molecule has 1 aliphatic rings. The number of rotatable bonds is 6. The molecule has 4 heteroatoms. The van der Waals surface area contributed by atoms with E-state index in [1.807, 2.05) is 18.2 Å². The topological polar surface area (TPSA) is 41.9 Å². The van der Waals surface area contributed by atoms with Crippen molar-refractivity contribution in [1.29, 1.82) is 0 Å². The van der Waals surface area contributed by atoms with Crippen LogP contribution in [-0.2, 0) is 0 Å². The van der Waals surface area contributed by atoms with E-state index < -0.39 is 0 Å². The van der Waals surface area contributed by atoms with Crippen molar-refractivity contribution in [3.63, 3.8) is 0 Å². The zero-order chi connectivity index (χ0) is 37.7. The second-order valence-corrected chi connectivity index (χ2v) is 14.4. The fraction of sp³-hybridized carbons (Fsp3) is 0. The third kappa shape index (κ3) is 5.66. The Morgan fingerprint density at radius 2 is 0.860 bits per heavy atom. The highest BCUT2D eigenvalue weighted by molar-refractivity contribution is 6.18. The van der Waals surface area contributed by atoms with Crippen molar-refractivity contribution in [3.05, 3.63) is 206 Å². The monoisotopic (exact) mass is 726 g/mol. The van der Waals surface area contributed by atoms with Crippen LogP contribution < -0.4 is 4.90 Å². The lowest BCUT2D eigenvalue weighted by Crippen LogP contribution is -2.16. The van der Waals surface area contributed by atoms with Crippen LogP contribution in [0.2, 0.25) is 0 Å². The summed E-state index contributed by atoms with van der Waals surface area (Å²) in [5, 5.41) is 4.55. The van der Waals surface area contributed by atoms with Crippen molar-refractivity contribution >= 4 is 38.6 Å². The smallest absolute Gasteiger partial charge is 0.164 e. The fourth-order valence-corrected chi connectivity index (χ4v) is 8.35. The molecule has 0 amide bonds. The van der Waals surface area contributed by atoms with Gasteiger partial charge in [-0.2, -0.15) is 0 Å². The Balaban J connectivity index is 1.11. The zero-order valence-electron chi connectivity index (χ0n) is 30.9. The van der Waals surface area contributed by atoms with Crippen LogP contribution in [0, 0.1) is 0 Å². The molecule has 0 fully saturated rings. The largest absolute Gasteiger partial charge is 0.309 e. The molecule has 9 aromatic carbocycles. The van der Waals surface area contributed by atoms with E-state index in [0.717, 1.165) is 38.8 Å². The maximum atomic E-state index is 5.26. The number of aromatic nitrogens is 3. The zero-order valence-corrected chi connectivity index (χ0v) is 30.9. The Morgan fingerprint density at radius 1 is 0.316 bits per heavy atom. The molecular weight excluding hydrogens is 693 g/mol. The molecule has 0 saturated heterocycles. The van der Waals surface area contributed by atoms with E-state index in [4.69, 9.17) is 15.0 Å². The fourth-order valence-electron chi connectivity index (χ4n) is 8.35. The van der Waals surface area contributed by atoms with Crippen LogP contribution in [0.15, 0.2) is 206 Å². The highest BCUT2D eigenvalue weighted by atomic mass is 15.2. The Morgan fingerprint density at radius 3 is 1.58 bits per heavy atom. The van der Waals surface area contributed by atoms with Gasteiger partial charge in [-0.25, -0.2) is 15.0 Å². The van der Waals surface area contributed by atoms with Gasteiger partial charge in [0.2, 0.25) is 0 Å². The molecule has 11 rings (SSSR count). The number of anilines is 3. The van der Waals surface area contributed by atoms with Crippen LogP contribution in [0.4, 0.5) is 17.1 Å². The first-order valence-electron chi connectivity index (χ1n) is 19.3. The van der Waals surface area contributed by atoms with Crippen molar-refractivity contribution in [3.8, 4) is 67.5 Å². The van der Waals surface area contributed by atoms with Gasteiger partial charge in [0.25, 0.3) is 0 Å². The van der Waals surface area contributed by atoms with Gasteiger partial charge in [-0.05, 0) is 74.8 Å². The summed E-state index contributed by atoms with van der Waals surface area (Å²) in [5.41, 5.74) is 13.4. The summed E-state index contributed by atoms with van der Waals surface area (Å²) in [4.78, 5) is 18.0. The molecule has 0 atom stereocenters. The van der Waals surface area contributed by atoms with Gasteiger partial charge >= 0.3 is 0 Å². The highest BCUT2D eigenvalue weighted by Gasteiger charge is 2.30. The van der Waals surface area contributed by atoms with Crippen LogP contribution >= 0.6 is 0 Å². The first kappa shape index (κ1) is 32.7. The quantitative estimate of drug-likeness (QED) is 0.171. The van der Waals surface area contributed by atoms with Gasteiger partial charge in [0.05, 0.1) is 11.4 Å². The van der Waals surface area contributed by atoms with Gasteiger partial charge in [0.15, 0.2) is 17.5 Å². The number of hydrogen-bond acceptors (Lipinski definition) is 4. The van der Waals surface area contributed by atoms with Crippen molar-refractivity contribution in [2.24, 2.45) is 0 Å². The van der Waals surface area contributed by atoms with Gasteiger partial charge in [-0.3, -0.25) is 0 Å². The van der Waals surface area contributed by atoms with Gasteiger partial charge in [0, 0.05) is 38.9 Å². The molecule has 0 N–H and O–H groups in total. The molecule has 0 unspecified atom stereocenters. The molecule has 0 bridgehead atoms. The second kappa shape index (κ2) is 13.6. The lowest BCUT2D eigenvalue weighted by atomic mass is 9.86. The summed E-state index contributed by atoms with van der Waals surface area (Å²) in [6.45, 7) is 0. The minimum atomic E-state index is 0.636. The predicted molar refractivity (Wildman–Crippen MR) is 236 cm³/mol. The Bertz CT molecular complexity index is 3110. The SMILES string of the molecule is c1ccc(-c2ccc3cc(-c4nc(-c5ccccc5)nc(-c5ccc6c7c(cccc57)-c5cccc(-c7ccccc7)c5N6c5ccccc5)n4)ccc3c2)cc1. The molecule has 1 aliphatic heterocycles. The van der Waals surface area contributed by atoms with Crippen LogP contribution in [0.25, 0.3) is 89.1 Å². The molecule has 57 heavy (non-hydrogen) atoms. The summed E-state index contributed by atoms with van der Waals surface area (Å²) in [6.07, 6.45) is 0. The standard InChI is InChI=1S/C53H34N4/c1-5-15-35(16-6-1)38-27-28-40-34-41(30-29-39(40)33-38)52-54-51(37-19-9-3-10-20-37)55-53(56-52)47-31-32-48-49-44(24-14-25-45(47)49)46-26-13-23-43(36-17-7-2-8-18-36)50(46)57(48)42-21-11-4-12-22-42/h1-34H. The number of nitrogens with zero attached hydrogens (tertiary/aromatic N) is 4. The number of fused-ring (bicyclic) bond motifs is 3. The molecule has 0 radical (unpaired) electrons. The normalized spacial score (nSPS) is 11.8. The van der Waals surface area contributed by atoms with Crippen LogP contribution in [0.3, 0.4) is 0 Å². The van der Waals surface area contributed by atoms with Crippen molar-refractivity contribution in [2.75, 3.05) is 4.90 Å². The maximum absolute atomic E-state index is 5.26. The molecule has 266 valence electrons. The minimum Gasteiger partial charge on any atom is -0.309 e. The molecular formula is C53H34N4. The molecule has 1 aromatic heterocycles. The Kier molecular flexibility index (Phi) is 7.78. The molecule has 0 saturated carbocycles. The van der Waals surface area contributed by atoms with Gasteiger partial charge in [0.1, 0.15) is 0 Å². The van der Waals surface area contributed by atoms with E-state index in [0.29, 0.717) is 17.5 Å². The number of hydrogen-bond donors (Lipinski definition) is 0. The van der Waals surface area contributed by atoms with E-state index in [2.05, 4.69) is 193 Å². The van der Waals surface area contributed by atoms with E-state index >= 15 is 0 Å². The summed E-state index contributed by atoms with van der Waals surface area (Å²) >= 11 is 0. The number of para-hydroxylation sites is 2. The van der Waals surface area contributed by atoms with Crippen LogP contribution in [0.1, 0.15) is 0 Å². The molecule has 4 nitrogen and oxygen atoms in total. The van der Waals surface area contributed by atoms with Crippen molar-refractivity contribution in [1.82, 2.24) is 15.0 Å². The Hall–Kier alpha value is -7.69. The van der Waals surface area contributed by atoms with E-state index in [1.165, 1.54) is 49.8 Å². The first-order chi connectivity index (χ1) is 28.3. The van der Waals surface area contributed by atoms with Crippen molar-refractivity contribution < 1.29 is 0 Å². The summed E-state index contributed by atoms with van der Waals surface area (Å²) < 4.78 is 0. The first-order valence-corrected chi connectivity index (χ1v) is 19.3. The average Bonchev–Trinajstić information content (AvgIpc) is 3.29. The molecule has 10 aromatic rings. The predicted octanol–water partition coefficient (Wildman–Crippen LogP) is 14.0. The highest BCUT2D eigenvalue weighted by Crippen LogP contribution is 2.55. The summed E-state index contributed by atoms with van der Waals surface area (Å²) in [5.74, 6) is 1.91. The van der Waals surface area contributed by atoms with Crippen molar-refractivity contribution in [2.45, 2.75) is 0 Å². The van der Waals surface area contributed by atoms with E-state index in [9.17, 15) is 0 Å². The molecule has 0 aliphatic carbocycles. The Labute approximate surface area is 331 Å². The summed E-state index contributed by atoms with van der Waals surface area (Å²) in [7, 11) is 0. The third-order valence-corrected chi connectivity index (χ3v) is 11.0. The van der Waals surface area contributed by atoms with Crippen LogP contribution in [-0.4, -0.2) is 15.0 Å². The minimum absolute atomic E-state index is 0.636. The maximum Gasteiger partial charge on any atom is 0.164 e. The van der Waals surface area contributed by atoms with Crippen LogP contribution in [0.5, 0.6) is 0 Å². The second-order valence-electron chi connectivity index (χ2n) is 14.4. The third-order valence-electron chi connectivity index (χ3n) is 11.0. The van der Waals surface area contributed by atoms with Gasteiger partial charge in [-0.1, -0.05) is 170 Å². The average molecular weight is 727 g/mol. The molecule has 2 heterocycles. The lowest BCUT2D eigenvalue weighted by Gasteiger charge is -2.35. The van der Waals surface area contributed by atoms with E-state index in [1.54, 1.807) is 0 Å². The van der Waals surface area contributed by atoms with Gasteiger partial charge < -0.3 is 4.90 Å². The van der Waals surface area contributed by atoms with E-state index in [-0.39, 0.29) is 0 Å². The van der Waals surface area contributed by atoms with Gasteiger partial charge in [-0.15, -0.1) is 0 Å². The lowest BCUT2D eigenvalue weighted by molar-refractivity contribution is 1.08.